The monoisotopic (exact) mass is 113 g/mol. The zero-order valence-electron chi connectivity index (χ0n) is 4.89. The van der Waals surface area contributed by atoms with E-state index in [9.17, 15) is 0 Å². The molecule has 1 N–H and O–H groups in total. The Morgan fingerprint density at radius 2 is 2.62 bits per heavy atom. The van der Waals surface area contributed by atoms with Crippen LogP contribution >= 0.6 is 0 Å². The van der Waals surface area contributed by atoms with Crippen molar-refractivity contribution >= 4 is 0 Å². The summed E-state index contributed by atoms with van der Waals surface area (Å²) in [6, 6.07) is 0.378. The summed E-state index contributed by atoms with van der Waals surface area (Å²) in [6.07, 6.45) is 1.87. The van der Waals surface area contributed by atoms with Crippen molar-refractivity contribution in [3.63, 3.8) is 0 Å². The number of morpholine rings is 1. The summed E-state index contributed by atoms with van der Waals surface area (Å²) >= 11 is 0. The summed E-state index contributed by atoms with van der Waals surface area (Å²) in [6.45, 7) is 6.22. The van der Waals surface area contributed by atoms with Gasteiger partial charge < -0.3 is 10.1 Å². The van der Waals surface area contributed by atoms with Gasteiger partial charge in [-0.15, -0.1) is 6.58 Å². The molecule has 1 aliphatic rings. The van der Waals surface area contributed by atoms with Gasteiger partial charge in [-0.1, -0.05) is 6.08 Å². The van der Waals surface area contributed by atoms with Crippen LogP contribution in [0.2, 0.25) is 0 Å². The van der Waals surface area contributed by atoms with Crippen LogP contribution < -0.4 is 5.32 Å². The summed E-state index contributed by atoms with van der Waals surface area (Å²) in [7, 11) is 0. The van der Waals surface area contributed by atoms with Crippen LogP contribution in [-0.4, -0.2) is 25.8 Å². The Bertz CT molecular complexity index is 76.6. The molecular weight excluding hydrogens is 102 g/mol. The third-order valence-electron chi connectivity index (χ3n) is 1.23. The lowest BCUT2D eigenvalue weighted by atomic mass is 10.3. The van der Waals surface area contributed by atoms with Crippen LogP contribution in [0.15, 0.2) is 12.7 Å². The number of hydrogen-bond donors (Lipinski definition) is 1. The standard InChI is InChI=1S/C6H11NO/c1-2-6-5-8-4-3-7-6/h2,6-7H,1,3-5H2/t6-/m1/s1. The first-order valence-electron chi connectivity index (χ1n) is 2.87. The van der Waals surface area contributed by atoms with E-state index in [4.69, 9.17) is 4.74 Å². The van der Waals surface area contributed by atoms with Gasteiger partial charge in [0.25, 0.3) is 0 Å². The summed E-state index contributed by atoms with van der Waals surface area (Å²) in [5, 5.41) is 3.23. The van der Waals surface area contributed by atoms with Gasteiger partial charge in [0, 0.05) is 12.6 Å². The van der Waals surface area contributed by atoms with Gasteiger partial charge in [0.1, 0.15) is 0 Å². The van der Waals surface area contributed by atoms with Gasteiger partial charge in [-0.05, 0) is 0 Å². The maximum absolute atomic E-state index is 5.14. The molecule has 1 rings (SSSR count). The van der Waals surface area contributed by atoms with Gasteiger partial charge in [0.05, 0.1) is 13.2 Å². The van der Waals surface area contributed by atoms with Crippen molar-refractivity contribution in [3.8, 4) is 0 Å². The Balaban J connectivity index is 2.22. The minimum Gasteiger partial charge on any atom is -0.378 e. The third-order valence-corrected chi connectivity index (χ3v) is 1.23. The van der Waals surface area contributed by atoms with E-state index in [0.717, 1.165) is 19.8 Å². The van der Waals surface area contributed by atoms with E-state index in [1.54, 1.807) is 0 Å². The number of nitrogens with one attached hydrogen (secondary N) is 1. The molecule has 1 saturated heterocycles. The molecule has 8 heavy (non-hydrogen) atoms. The molecule has 0 amide bonds. The van der Waals surface area contributed by atoms with Crippen molar-refractivity contribution in [2.75, 3.05) is 19.8 Å². The molecule has 1 fully saturated rings. The van der Waals surface area contributed by atoms with Crippen molar-refractivity contribution in [3.05, 3.63) is 12.7 Å². The van der Waals surface area contributed by atoms with Crippen molar-refractivity contribution < 1.29 is 4.74 Å². The van der Waals surface area contributed by atoms with E-state index < -0.39 is 0 Å². The number of hydrogen-bond acceptors (Lipinski definition) is 2. The van der Waals surface area contributed by atoms with Crippen molar-refractivity contribution in [2.45, 2.75) is 6.04 Å². The van der Waals surface area contributed by atoms with Gasteiger partial charge >= 0.3 is 0 Å². The van der Waals surface area contributed by atoms with Crippen molar-refractivity contribution in [2.24, 2.45) is 0 Å². The Hall–Kier alpha value is -0.340. The van der Waals surface area contributed by atoms with Crippen molar-refractivity contribution in [1.82, 2.24) is 5.32 Å². The summed E-state index contributed by atoms with van der Waals surface area (Å²) < 4.78 is 5.14. The Morgan fingerprint density at radius 3 is 3.00 bits per heavy atom. The molecule has 0 aliphatic carbocycles. The van der Waals surface area contributed by atoms with Gasteiger partial charge in [0.2, 0.25) is 0 Å². The summed E-state index contributed by atoms with van der Waals surface area (Å²) in [4.78, 5) is 0. The fourth-order valence-corrected chi connectivity index (χ4v) is 0.737. The van der Waals surface area contributed by atoms with E-state index in [0.29, 0.717) is 6.04 Å². The second-order valence-corrected chi connectivity index (χ2v) is 1.87. The Labute approximate surface area is 49.5 Å². The van der Waals surface area contributed by atoms with E-state index in [-0.39, 0.29) is 0 Å². The first-order valence-corrected chi connectivity index (χ1v) is 2.87. The van der Waals surface area contributed by atoms with E-state index >= 15 is 0 Å². The SMILES string of the molecule is C=C[C@@H]1COCCN1. The minimum absolute atomic E-state index is 0.378. The van der Waals surface area contributed by atoms with Crippen LogP contribution in [-0.2, 0) is 4.74 Å². The number of rotatable bonds is 1. The maximum atomic E-state index is 5.14. The topological polar surface area (TPSA) is 21.3 Å². The molecule has 0 saturated carbocycles. The van der Waals surface area contributed by atoms with Crippen LogP contribution in [0.5, 0.6) is 0 Å². The first-order chi connectivity index (χ1) is 3.93. The lowest BCUT2D eigenvalue weighted by Crippen LogP contribution is -2.39. The average molecular weight is 113 g/mol. The van der Waals surface area contributed by atoms with Crippen LogP contribution in [0.3, 0.4) is 0 Å². The van der Waals surface area contributed by atoms with E-state index in [1.165, 1.54) is 0 Å². The molecule has 0 aromatic rings. The fourth-order valence-electron chi connectivity index (χ4n) is 0.737. The second-order valence-electron chi connectivity index (χ2n) is 1.87. The lowest BCUT2D eigenvalue weighted by Gasteiger charge is -2.19. The normalized spacial score (nSPS) is 29.8. The molecule has 1 atom stereocenters. The van der Waals surface area contributed by atoms with Crippen LogP contribution in [0.1, 0.15) is 0 Å². The van der Waals surface area contributed by atoms with Gasteiger partial charge in [-0.3, -0.25) is 0 Å². The second kappa shape index (κ2) is 2.84. The minimum atomic E-state index is 0.378. The predicted octanol–water partition coefficient (Wildman–Crippen LogP) is 0.161. The summed E-state index contributed by atoms with van der Waals surface area (Å²) in [5.41, 5.74) is 0. The van der Waals surface area contributed by atoms with Gasteiger partial charge in [0.15, 0.2) is 0 Å². The molecule has 2 heteroatoms. The molecular formula is C6H11NO. The zero-order chi connectivity index (χ0) is 5.82. The molecule has 0 radical (unpaired) electrons. The van der Waals surface area contributed by atoms with Crippen molar-refractivity contribution in [1.29, 1.82) is 0 Å². The van der Waals surface area contributed by atoms with Crippen LogP contribution in [0.4, 0.5) is 0 Å². The molecule has 1 heterocycles. The maximum Gasteiger partial charge on any atom is 0.0656 e. The lowest BCUT2D eigenvalue weighted by molar-refractivity contribution is 0.0902. The average Bonchev–Trinajstić information content (AvgIpc) is 1.90. The molecule has 0 spiro atoms. The molecule has 0 aromatic carbocycles. The molecule has 2 nitrogen and oxygen atoms in total. The molecule has 1 aliphatic heterocycles. The number of ether oxygens (including phenoxy) is 1. The molecule has 0 unspecified atom stereocenters. The smallest absolute Gasteiger partial charge is 0.0656 e. The quantitative estimate of drug-likeness (QED) is 0.489. The van der Waals surface area contributed by atoms with Gasteiger partial charge in [-0.2, -0.15) is 0 Å². The fraction of sp³-hybridized carbons (Fsp3) is 0.667. The predicted molar refractivity (Wildman–Crippen MR) is 32.8 cm³/mol. The zero-order valence-corrected chi connectivity index (χ0v) is 4.89. The first kappa shape index (κ1) is 5.79. The van der Waals surface area contributed by atoms with Crippen LogP contribution in [0.25, 0.3) is 0 Å². The highest BCUT2D eigenvalue weighted by atomic mass is 16.5. The highest BCUT2D eigenvalue weighted by molar-refractivity contribution is 4.86. The highest BCUT2D eigenvalue weighted by Crippen LogP contribution is 1.91. The molecule has 46 valence electrons. The Kier molecular flexibility index (Phi) is 2.06. The largest absolute Gasteiger partial charge is 0.378 e. The van der Waals surface area contributed by atoms with E-state index in [2.05, 4.69) is 11.9 Å². The van der Waals surface area contributed by atoms with E-state index in [1.807, 2.05) is 6.08 Å². The van der Waals surface area contributed by atoms with Crippen LogP contribution in [0, 0.1) is 0 Å². The Morgan fingerprint density at radius 1 is 1.75 bits per heavy atom. The third kappa shape index (κ3) is 1.32. The highest BCUT2D eigenvalue weighted by Gasteiger charge is 2.06. The van der Waals surface area contributed by atoms with Gasteiger partial charge in [-0.25, -0.2) is 0 Å². The molecule has 0 bridgehead atoms. The molecule has 0 aromatic heterocycles. The summed E-state index contributed by atoms with van der Waals surface area (Å²) in [5.74, 6) is 0.